The summed E-state index contributed by atoms with van der Waals surface area (Å²) in [6.45, 7) is 5.93. The highest BCUT2D eigenvalue weighted by Gasteiger charge is 2.46. The van der Waals surface area contributed by atoms with Crippen LogP contribution in [0.25, 0.3) is 0 Å². The number of azo groups is 1. The molecule has 1 aromatic carbocycles. The number of carbonyl (C=O) groups excluding carboxylic acids is 1. The minimum atomic E-state index is -5.70. The minimum Gasteiger partial charge on any atom is -0.460 e. The quantitative estimate of drug-likeness (QED) is 0.365. The Kier molecular flexibility index (Phi) is 7.99. The van der Waals surface area contributed by atoms with E-state index in [4.69, 9.17) is 4.74 Å². The predicted octanol–water partition coefficient (Wildman–Crippen LogP) is 5.19. The van der Waals surface area contributed by atoms with Crippen molar-refractivity contribution in [1.29, 1.82) is 0 Å². The van der Waals surface area contributed by atoms with Gasteiger partial charge in [0.1, 0.15) is 5.69 Å². The second-order valence-corrected chi connectivity index (χ2v) is 11.0. The molecule has 0 amide bonds. The van der Waals surface area contributed by atoms with Crippen LogP contribution >= 0.6 is 11.3 Å². The van der Waals surface area contributed by atoms with Crippen LogP contribution in [0.15, 0.2) is 22.4 Å². The van der Waals surface area contributed by atoms with Crippen molar-refractivity contribution in [1.82, 2.24) is 10.2 Å². The number of alkyl halides is 3. The van der Waals surface area contributed by atoms with E-state index in [-0.39, 0.29) is 40.1 Å². The van der Waals surface area contributed by atoms with Crippen LogP contribution in [0.5, 0.6) is 0 Å². The van der Waals surface area contributed by atoms with Gasteiger partial charge in [-0.05, 0) is 42.9 Å². The molecule has 0 spiro atoms. The molecule has 0 bridgehead atoms. The SMILES string of the molecule is CCC1CCc2cc(N=Nc3nnc(C(=O)OCC(C)C)s3)c(NS(=O)(=O)C(F)(F)F)cc2N1C. The Bertz CT molecular complexity index is 1210. The predicted molar refractivity (Wildman–Crippen MR) is 125 cm³/mol. The van der Waals surface area contributed by atoms with Crippen molar-refractivity contribution in [3.63, 3.8) is 0 Å². The fourth-order valence-electron chi connectivity index (χ4n) is 3.45. The fraction of sp³-hybridized carbons (Fsp3) is 0.550. The van der Waals surface area contributed by atoms with Gasteiger partial charge < -0.3 is 9.64 Å². The van der Waals surface area contributed by atoms with E-state index in [1.165, 1.54) is 12.1 Å². The van der Waals surface area contributed by atoms with Gasteiger partial charge in [0, 0.05) is 18.8 Å². The molecular formula is C20H25F3N6O4S2. The number of ether oxygens (including phenoxy) is 1. The smallest absolute Gasteiger partial charge is 0.460 e. The monoisotopic (exact) mass is 534 g/mol. The number of hydrogen-bond donors (Lipinski definition) is 1. The van der Waals surface area contributed by atoms with Crippen molar-refractivity contribution in [2.45, 2.75) is 51.6 Å². The van der Waals surface area contributed by atoms with Gasteiger partial charge in [-0.15, -0.1) is 20.4 Å². The topological polar surface area (TPSA) is 126 Å². The van der Waals surface area contributed by atoms with Crippen LogP contribution in [-0.4, -0.2) is 49.8 Å². The number of aryl methyl sites for hydroxylation is 1. The van der Waals surface area contributed by atoms with Gasteiger partial charge in [0.25, 0.3) is 5.13 Å². The van der Waals surface area contributed by atoms with Gasteiger partial charge in [-0.2, -0.15) is 21.6 Å². The summed E-state index contributed by atoms with van der Waals surface area (Å²) >= 11 is 0.784. The molecule has 0 fully saturated rings. The molecule has 0 saturated carbocycles. The van der Waals surface area contributed by atoms with E-state index < -0.39 is 21.5 Å². The highest BCUT2D eigenvalue weighted by Crippen LogP contribution is 2.40. The molecule has 1 aliphatic rings. The van der Waals surface area contributed by atoms with Gasteiger partial charge in [-0.1, -0.05) is 32.1 Å². The number of fused-ring (bicyclic) bond motifs is 1. The summed E-state index contributed by atoms with van der Waals surface area (Å²) in [7, 11) is -3.89. The maximum absolute atomic E-state index is 13.0. The molecule has 10 nitrogen and oxygen atoms in total. The highest BCUT2D eigenvalue weighted by molar-refractivity contribution is 7.93. The third-order valence-electron chi connectivity index (χ3n) is 5.27. The van der Waals surface area contributed by atoms with E-state index in [1.54, 1.807) is 11.8 Å². The third-order valence-corrected chi connectivity index (χ3v) is 7.16. The average Bonchev–Trinajstić information content (AvgIpc) is 3.25. The molecule has 3 rings (SSSR count). The molecular weight excluding hydrogens is 509 g/mol. The second kappa shape index (κ2) is 10.4. The minimum absolute atomic E-state index is 0.0491. The number of rotatable bonds is 8. The molecule has 0 radical (unpaired) electrons. The Hall–Kier alpha value is -2.81. The van der Waals surface area contributed by atoms with Crippen LogP contribution in [0, 0.1) is 5.92 Å². The van der Waals surface area contributed by atoms with Gasteiger partial charge in [-0.25, -0.2) is 4.79 Å². The number of aromatic nitrogens is 2. The van der Waals surface area contributed by atoms with Crippen LogP contribution in [0.1, 0.15) is 49.0 Å². The summed E-state index contributed by atoms with van der Waals surface area (Å²) in [6.07, 6.45) is 2.28. The number of carbonyl (C=O) groups is 1. The van der Waals surface area contributed by atoms with Gasteiger partial charge >= 0.3 is 21.5 Å². The first-order valence-corrected chi connectivity index (χ1v) is 13.0. The lowest BCUT2D eigenvalue weighted by Gasteiger charge is -2.36. The number of sulfonamides is 1. The lowest BCUT2D eigenvalue weighted by atomic mass is 9.94. The maximum Gasteiger partial charge on any atom is 0.516 e. The molecule has 192 valence electrons. The molecule has 15 heteroatoms. The van der Waals surface area contributed by atoms with Gasteiger partial charge in [-0.3, -0.25) is 4.72 Å². The number of anilines is 2. The van der Waals surface area contributed by atoms with Crippen molar-refractivity contribution in [2.75, 3.05) is 23.3 Å². The number of nitrogens with one attached hydrogen (secondary N) is 1. The van der Waals surface area contributed by atoms with E-state index in [1.807, 2.05) is 25.7 Å². The molecule has 2 aromatic rings. The number of halogens is 3. The summed E-state index contributed by atoms with van der Waals surface area (Å²) in [5.74, 6) is -0.556. The Morgan fingerprint density at radius 2 is 2.03 bits per heavy atom. The zero-order valence-corrected chi connectivity index (χ0v) is 21.1. The van der Waals surface area contributed by atoms with Gasteiger partial charge in [0.15, 0.2) is 0 Å². The summed E-state index contributed by atoms with van der Waals surface area (Å²) < 4.78 is 69.4. The van der Waals surface area contributed by atoms with Crippen LogP contribution in [0.4, 0.5) is 35.4 Å². The van der Waals surface area contributed by atoms with Gasteiger partial charge in [0.2, 0.25) is 5.01 Å². The molecule has 1 N–H and O–H groups in total. The molecule has 1 unspecified atom stereocenters. The molecule has 0 saturated heterocycles. The first-order valence-electron chi connectivity index (χ1n) is 10.7. The average molecular weight is 535 g/mol. The Morgan fingerprint density at radius 3 is 2.66 bits per heavy atom. The summed E-state index contributed by atoms with van der Waals surface area (Å²) in [5.41, 5.74) is -4.63. The van der Waals surface area contributed by atoms with Crippen molar-refractivity contribution in [3.8, 4) is 0 Å². The van der Waals surface area contributed by atoms with Crippen molar-refractivity contribution in [3.05, 3.63) is 22.7 Å². The normalized spacial score (nSPS) is 16.6. The molecule has 1 atom stereocenters. The number of nitrogens with zero attached hydrogens (tertiary/aromatic N) is 5. The summed E-state index contributed by atoms with van der Waals surface area (Å²) in [5, 5.41) is 15.1. The first kappa shape index (κ1) is 26.8. The summed E-state index contributed by atoms with van der Waals surface area (Å²) in [4.78, 5) is 13.9. The Morgan fingerprint density at radius 1 is 1.31 bits per heavy atom. The van der Waals surface area contributed by atoms with Crippen LogP contribution < -0.4 is 9.62 Å². The van der Waals surface area contributed by atoms with Crippen LogP contribution in [0.3, 0.4) is 0 Å². The molecule has 1 aromatic heterocycles. The lowest BCUT2D eigenvalue weighted by molar-refractivity contribution is -0.0429. The van der Waals surface area contributed by atoms with Crippen LogP contribution in [0.2, 0.25) is 0 Å². The van der Waals surface area contributed by atoms with Crippen molar-refractivity contribution < 1.29 is 31.1 Å². The second-order valence-electron chi connectivity index (χ2n) is 8.34. The standard InChI is InChI=1S/C20H25F3N6O4S2/c1-5-13-7-6-12-8-14(15(9-16(12)29(13)4)28-35(31,32)20(21,22)23)24-26-19-27-25-17(34-19)18(30)33-10-11(2)3/h8-9,11,13,28H,5-7,10H2,1-4H3. The zero-order chi connectivity index (χ0) is 26.0. The third kappa shape index (κ3) is 6.25. The fourth-order valence-corrected chi connectivity index (χ4v) is 4.57. The van der Waals surface area contributed by atoms with Gasteiger partial charge in [0.05, 0.1) is 12.3 Å². The lowest BCUT2D eigenvalue weighted by Crippen LogP contribution is -2.35. The first-order chi connectivity index (χ1) is 16.3. The van der Waals surface area contributed by atoms with Crippen molar-refractivity contribution in [2.24, 2.45) is 16.1 Å². The van der Waals surface area contributed by atoms with E-state index in [0.717, 1.165) is 29.7 Å². The zero-order valence-electron chi connectivity index (χ0n) is 19.5. The van der Waals surface area contributed by atoms with E-state index >= 15 is 0 Å². The highest BCUT2D eigenvalue weighted by atomic mass is 32.2. The Balaban J connectivity index is 1.95. The van der Waals surface area contributed by atoms with Crippen molar-refractivity contribution >= 4 is 49.5 Å². The Labute approximate surface area is 204 Å². The van der Waals surface area contributed by atoms with E-state index in [2.05, 4.69) is 20.4 Å². The molecule has 2 heterocycles. The molecule has 0 aliphatic carbocycles. The number of esters is 1. The number of hydrogen-bond acceptors (Lipinski definition) is 10. The summed E-state index contributed by atoms with van der Waals surface area (Å²) in [6, 6.07) is 2.98. The number of benzene rings is 1. The van der Waals surface area contributed by atoms with E-state index in [0.29, 0.717) is 12.1 Å². The largest absolute Gasteiger partial charge is 0.516 e. The molecule has 1 aliphatic heterocycles. The molecule has 35 heavy (non-hydrogen) atoms. The van der Waals surface area contributed by atoms with Crippen LogP contribution in [-0.2, 0) is 21.2 Å². The van der Waals surface area contributed by atoms with E-state index in [9.17, 15) is 26.4 Å². The maximum atomic E-state index is 13.0.